The van der Waals surface area contributed by atoms with Gasteiger partial charge in [-0.2, -0.15) is 5.10 Å². The molecule has 0 spiro atoms. The maximum Gasteiger partial charge on any atom is 0.295 e. The number of para-hydroxylation sites is 1. The number of hydrogen-bond donors (Lipinski definition) is 0. The van der Waals surface area contributed by atoms with Crippen molar-refractivity contribution in [2.24, 2.45) is 0 Å². The van der Waals surface area contributed by atoms with Crippen LogP contribution in [-0.2, 0) is 17.8 Å². The molecule has 0 saturated heterocycles. The van der Waals surface area contributed by atoms with Gasteiger partial charge in [0.15, 0.2) is 11.5 Å². The van der Waals surface area contributed by atoms with Crippen molar-refractivity contribution in [3.8, 4) is 17.2 Å². The molecule has 1 aliphatic rings. The van der Waals surface area contributed by atoms with Gasteiger partial charge in [-0.1, -0.05) is 18.2 Å². The van der Waals surface area contributed by atoms with Crippen molar-refractivity contribution in [3.05, 3.63) is 70.5 Å². The third-order valence-corrected chi connectivity index (χ3v) is 5.88. The van der Waals surface area contributed by atoms with E-state index in [2.05, 4.69) is 5.10 Å². The summed E-state index contributed by atoms with van der Waals surface area (Å²) in [5.41, 5.74) is 4.52. The minimum absolute atomic E-state index is 0.358. The number of nitrogens with zero attached hydrogens (tertiary/aromatic N) is 3. The zero-order chi connectivity index (χ0) is 23.5. The lowest BCUT2D eigenvalue weighted by molar-refractivity contribution is -0.127. The van der Waals surface area contributed by atoms with Crippen molar-refractivity contribution in [3.63, 3.8) is 0 Å². The molecule has 0 unspecified atom stereocenters. The Hall–Kier alpha value is -3.61. The van der Waals surface area contributed by atoms with Crippen molar-refractivity contribution in [1.29, 1.82) is 0 Å². The number of ketones is 1. The topological polar surface area (TPSA) is 73.7 Å². The molecule has 33 heavy (non-hydrogen) atoms. The SMILES string of the molecule is CCOc1cc2c(cc1OCC)CN(C(=O)C(=O)c1c(C)nn(-c3ccccc3)c1C)CC2. The molecule has 0 bridgehead atoms. The van der Waals surface area contributed by atoms with Crippen molar-refractivity contribution >= 4 is 11.7 Å². The number of amides is 1. The minimum Gasteiger partial charge on any atom is -0.490 e. The second kappa shape index (κ2) is 9.48. The third-order valence-electron chi connectivity index (χ3n) is 5.88. The summed E-state index contributed by atoms with van der Waals surface area (Å²) < 4.78 is 13.2. The number of aryl methyl sites for hydroxylation is 1. The number of carbonyl (C=O) groups excluding carboxylic acids is 2. The summed E-state index contributed by atoms with van der Waals surface area (Å²) in [4.78, 5) is 28.1. The summed E-state index contributed by atoms with van der Waals surface area (Å²) in [7, 11) is 0. The predicted molar refractivity (Wildman–Crippen MR) is 125 cm³/mol. The molecule has 2 aromatic carbocycles. The van der Waals surface area contributed by atoms with Crippen LogP contribution < -0.4 is 9.47 Å². The zero-order valence-corrected chi connectivity index (χ0v) is 19.6. The van der Waals surface area contributed by atoms with E-state index >= 15 is 0 Å². The molecule has 0 atom stereocenters. The Balaban J connectivity index is 1.59. The average molecular weight is 448 g/mol. The number of benzene rings is 2. The molecule has 4 rings (SSSR count). The molecule has 0 radical (unpaired) electrons. The van der Waals surface area contributed by atoms with Crippen molar-refractivity contribution < 1.29 is 19.1 Å². The summed E-state index contributed by atoms with van der Waals surface area (Å²) in [6, 6.07) is 13.5. The lowest BCUT2D eigenvalue weighted by atomic mass is 9.97. The van der Waals surface area contributed by atoms with E-state index in [-0.39, 0.29) is 0 Å². The summed E-state index contributed by atoms with van der Waals surface area (Å²) >= 11 is 0. The maximum absolute atomic E-state index is 13.3. The van der Waals surface area contributed by atoms with Gasteiger partial charge in [0.05, 0.1) is 35.9 Å². The van der Waals surface area contributed by atoms with Gasteiger partial charge in [0, 0.05) is 13.1 Å². The lowest BCUT2D eigenvalue weighted by Gasteiger charge is -2.29. The monoisotopic (exact) mass is 447 g/mol. The van der Waals surface area contributed by atoms with E-state index in [1.807, 2.05) is 63.2 Å². The molecule has 2 heterocycles. The Kier molecular flexibility index (Phi) is 6.49. The van der Waals surface area contributed by atoms with Gasteiger partial charge in [-0.25, -0.2) is 4.68 Å². The van der Waals surface area contributed by atoms with Crippen LogP contribution in [0.25, 0.3) is 5.69 Å². The van der Waals surface area contributed by atoms with Crippen LogP contribution in [0.1, 0.15) is 46.7 Å². The standard InChI is InChI=1S/C26H29N3O4/c1-5-32-22-14-19-12-13-28(16-20(19)15-23(22)33-6-2)26(31)25(30)24-17(3)27-29(18(24)4)21-10-8-7-9-11-21/h7-11,14-15H,5-6,12-13,16H2,1-4H3. The Morgan fingerprint density at radius 2 is 1.61 bits per heavy atom. The highest BCUT2D eigenvalue weighted by molar-refractivity contribution is 6.43. The summed E-state index contributed by atoms with van der Waals surface area (Å²) in [6.45, 7) is 9.34. The van der Waals surface area contributed by atoms with E-state index in [0.717, 1.165) is 16.8 Å². The highest BCUT2D eigenvalue weighted by Gasteiger charge is 2.31. The van der Waals surface area contributed by atoms with Crippen LogP contribution >= 0.6 is 0 Å². The van der Waals surface area contributed by atoms with E-state index in [9.17, 15) is 9.59 Å². The molecule has 1 aliphatic heterocycles. The van der Waals surface area contributed by atoms with Crippen LogP contribution in [0.2, 0.25) is 0 Å². The van der Waals surface area contributed by atoms with Gasteiger partial charge >= 0.3 is 0 Å². The Morgan fingerprint density at radius 3 is 2.24 bits per heavy atom. The summed E-state index contributed by atoms with van der Waals surface area (Å²) in [6.07, 6.45) is 0.655. The lowest BCUT2D eigenvalue weighted by Crippen LogP contribution is -2.40. The number of carbonyl (C=O) groups is 2. The number of fused-ring (bicyclic) bond motifs is 1. The van der Waals surface area contributed by atoms with Crippen molar-refractivity contribution in [2.45, 2.75) is 40.7 Å². The first-order valence-corrected chi connectivity index (χ1v) is 11.3. The fourth-order valence-corrected chi connectivity index (χ4v) is 4.32. The Bertz CT molecular complexity index is 1180. The van der Waals surface area contributed by atoms with Gasteiger partial charge in [-0.15, -0.1) is 0 Å². The number of hydrogen-bond acceptors (Lipinski definition) is 5. The minimum atomic E-state index is -0.522. The quantitative estimate of drug-likeness (QED) is 0.404. The first-order chi connectivity index (χ1) is 15.9. The van der Waals surface area contributed by atoms with E-state index in [0.29, 0.717) is 61.2 Å². The number of rotatable bonds is 7. The van der Waals surface area contributed by atoms with E-state index < -0.39 is 11.7 Å². The third kappa shape index (κ3) is 4.35. The van der Waals surface area contributed by atoms with E-state index in [1.54, 1.807) is 16.5 Å². The highest BCUT2D eigenvalue weighted by Crippen LogP contribution is 2.34. The summed E-state index contributed by atoms with van der Waals surface area (Å²) in [5.74, 6) is 0.348. The number of ether oxygens (including phenoxy) is 2. The molecule has 1 amide bonds. The van der Waals surface area contributed by atoms with Gasteiger partial charge < -0.3 is 14.4 Å². The fourth-order valence-electron chi connectivity index (χ4n) is 4.32. The Labute approximate surface area is 193 Å². The highest BCUT2D eigenvalue weighted by atomic mass is 16.5. The van der Waals surface area contributed by atoms with Crippen LogP contribution in [0.4, 0.5) is 0 Å². The van der Waals surface area contributed by atoms with Crippen molar-refractivity contribution in [1.82, 2.24) is 14.7 Å². The van der Waals surface area contributed by atoms with Crippen LogP contribution in [0.5, 0.6) is 11.5 Å². The molecule has 172 valence electrons. The second-order valence-electron chi connectivity index (χ2n) is 8.03. The molecule has 1 aromatic heterocycles. The molecule has 7 nitrogen and oxygen atoms in total. The largest absolute Gasteiger partial charge is 0.490 e. The predicted octanol–water partition coefficient (Wildman–Crippen LogP) is 4.05. The number of aromatic nitrogens is 2. The van der Waals surface area contributed by atoms with Gasteiger partial charge in [0.1, 0.15) is 0 Å². The molecule has 7 heteroatoms. The smallest absolute Gasteiger partial charge is 0.295 e. The molecular weight excluding hydrogens is 418 g/mol. The molecule has 3 aromatic rings. The maximum atomic E-state index is 13.3. The van der Waals surface area contributed by atoms with E-state index in [4.69, 9.17) is 9.47 Å². The molecule has 0 N–H and O–H groups in total. The van der Waals surface area contributed by atoms with Gasteiger partial charge in [0.25, 0.3) is 11.7 Å². The molecule has 0 fully saturated rings. The molecular formula is C26H29N3O4. The van der Waals surface area contributed by atoms with E-state index in [1.165, 1.54) is 0 Å². The van der Waals surface area contributed by atoms with Gasteiger partial charge in [0.2, 0.25) is 0 Å². The molecule has 0 saturated carbocycles. The van der Waals surface area contributed by atoms with Gasteiger partial charge in [-0.05, 0) is 69.5 Å². The normalized spacial score (nSPS) is 12.9. The van der Waals surface area contributed by atoms with Crippen LogP contribution in [0.15, 0.2) is 42.5 Å². The zero-order valence-electron chi connectivity index (χ0n) is 19.6. The van der Waals surface area contributed by atoms with Crippen LogP contribution in [-0.4, -0.2) is 46.1 Å². The second-order valence-corrected chi connectivity index (χ2v) is 8.03. The first kappa shape index (κ1) is 22.6. The summed E-state index contributed by atoms with van der Waals surface area (Å²) in [5, 5.41) is 4.52. The van der Waals surface area contributed by atoms with Gasteiger partial charge in [-0.3, -0.25) is 9.59 Å². The van der Waals surface area contributed by atoms with Crippen molar-refractivity contribution in [2.75, 3.05) is 19.8 Å². The fraction of sp³-hybridized carbons (Fsp3) is 0.346. The number of Topliss-reactive ketones (excluding diaryl/α,β-unsaturated/α-hetero) is 1. The Morgan fingerprint density at radius 1 is 0.970 bits per heavy atom. The van der Waals surface area contributed by atoms with Crippen LogP contribution in [0, 0.1) is 13.8 Å². The molecule has 0 aliphatic carbocycles. The average Bonchev–Trinajstić information content (AvgIpc) is 3.12. The van der Waals surface area contributed by atoms with Crippen LogP contribution in [0.3, 0.4) is 0 Å². The first-order valence-electron chi connectivity index (χ1n) is 11.3.